The van der Waals surface area contributed by atoms with Crippen LogP contribution in [0.4, 0.5) is 0 Å². The first-order valence-corrected chi connectivity index (χ1v) is 3.74. The maximum atomic E-state index is 4.25. The lowest BCUT2D eigenvalue weighted by atomic mass is 10.1. The Kier molecular flexibility index (Phi) is 6.75. The van der Waals surface area contributed by atoms with Crippen LogP contribution in [-0.2, 0) is 4.74 Å². The van der Waals surface area contributed by atoms with Gasteiger partial charge in [-0.2, -0.15) is 0 Å². The van der Waals surface area contributed by atoms with E-state index in [1.54, 1.807) is 14.2 Å². The summed E-state index contributed by atoms with van der Waals surface area (Å²) in [5.41, 5.74) is 1.26. The number of hydrogen-bond acceptors (Lipinski definition) is 1. The van der Waals surface area contributed by atoms with Crippen LogP contribution in [0, 0.1) is 0 Å². The molecule has 11 heavy (non-hydrogen) atoms. The van der Waals surface area contributed by atoms with Crippen LogP contribution < -0.4 is 0 Å². The highest BCUT2D eigenvalue weighted by Gasteiger charge is 1.88. The second-order valence-corrected chi connectivity index (χ2v) is 2.30. The Balaban J connectivity index is 0.000000292. The van der Waals surface area contributed by atoms with Gasteiger partial charge in [-0.15, -0.1) is 0 Å². The van der Waals surface area contributed by atoms with Crippen molar-refractivity contribution in [2.75, 3.05) is 14.2 Å². The Morgan fingerprint density at radius 3 is 2.36 bits per heavy atom. The fourth-order valence-electron chi connectivity index (χ4n) is 0.785. The van der Waals surface area contributed by atoms with Crippen LogP contribution in [0.2, 0.25) is 0 Å². The largest absolute Gasteiger partial charge is 0.388 e. The second kappa shape index (κ2) is 7.29. The fraction of sp³-hybridized carbons (Fsp3) is 0.400. The molecule has 0 aromatic rings. The molecule has 1 aliphatic rings. The molecule has 0 radical (unpaired) electrons. The predicted octanol–water partition coefficient (Wildman–Crippen LogP) is 2.71. The molecule has 0 unspecified atom stereocenters. The lowest BCUT2D eigenvalue weighted by molar-refractivity contribution is 0.277. The summed E-state index contributed by atoms with van der Waals surface area (Å²) in [6.45, 7) is 3.66. The van der Waals surface area contributed by atoms with E-state index in [9.17, 15) is 0 Å². The summed E-state index contributed by atoms with van der Waals surface area (Å²) in [5, 5.41) is 0. The van der Waals surface area contributed by atoms with Crippen molar-refractivity contribution in [3.8, 4) is 0 Å². The first-order valence-electron chi connectivity index (χ1n) is 3.74. The van der Waals surface area contributed by atoms with E-state index in [4.69, 9.17) is 0 Å². The summed E-state index contributed by atoms with van der Waals surface area (Å²) in [6.07, 6.45) is 10.7. The summed E-state index contributed by atoms with van der Waals surface area (Å²) in [7, 11) is 3.25. The van der Waals surface area contributed by atoms with Crippen molar-refractivity contribution >= 4 is 0 Å². The Bertz CT molecular complexity index is 154. The minimum atomic E-state index is 1.18. The van der Waals surface area contributed by atoms with Crippen LogP contribution in [0.5, 0.6) is 0 Å². The highest BCUT2D eigenvalue weighted by Crippen LogP contribution is 2.08. The fourth-order valence-corrected chi connectivity index (χ4v) is 0.785. The van der Waals surface area contributed by atoms with Crippen molar-refractivity contribution in [3.05, 3.63) is 36.5 Å². The molecule has 0 aromatic heterocycles. The van der Waals surface area contributed by atoms with Gasteiger partial charge in [-0.1, -0.05) is 30.9 Å². The quantitative estimate of drug-likeness (QED) is 0.561. The number of hydrogen-bond donors (Lipinski definition) is 0. The van der Waals surface area contributed by atoms with Crippen molar-refractivity contribution < 1.29 is 4.74 Å². The lowest BCUT2D eigenvalue weighted by Gasteiger charge is -1.98. The molecule has 1 rings (SSSR count). The third-order valence-corrected chi connectivity index (χ3v) is 1.26. The summed E-state index contributed by atoms with van der Waals surface area (Å²) >= 11 is 0. The number of methoxy groups -OCH3 is 1. The maximum Gasteiger partial charge on any atom is 0.0351 e. The molecular formula is C10H16O. The Hall–Kier alpha value is -0.820. The van der Waals surface area contributed by atoms with Crippen LogP contribution in [0.15, 0.2) is 36.5 Å². The van der Waals surface area contributed by atoms with E-state index in [0.29, 0.717) is 0 Å². The van der Waals surface area contributed by atoms with E-state index in [0.717, 1.165) is 0 Å². The molecule has 0 saturated carbocycles. The summed E-state index contributed by atoms with van der Waals surface area (Å²) in [6, 6.07) is 0. The highest BCUT2D eigenvalue weighted by molar-refractivity contribution is 5.31. The summed E-state index contributed by atoms with van der Waals surface area (Å²) in [4.78, 5) is 0. The predicted molar refractivity (Wildman–Crippen MR) is 49.6 cm³/mol. The molecule has 0 atom stereocenters. The molecule has 0 fully saturated rings. The average molecular weight is 152 g/mol. The van der Waals surface area contributed by atoms with Gasteiger partial charge in [0.1, 0.15) is 0 Å². The minimum absolute atomic E-state index is 1.18. The van der Waals surface area contributed by atoms with Crippen LogP contribution in [0.3, 0.4) is 0 Å². The Labute approximate surface area is 69.1 Å². The van der Waals surface area contributed by atoms with Gasteiger partial charge in [-0.25, -0.2) is 0 Å². The molecule has 0 bridgehead atoms. The normalized spacial score (nSPS) is 14.5. The van der Waals surface area contributed by atoms with Gasteiger partial charge in [0, 0.05) is 14.2 Å². The zero-order chi connectivity index (χ0) is 8.53. The van der Waals surface area contributed by atoms with Crippen LogP contribution in [0.1, 0.15) is 12.8 Å². The SMILES string of the molecule is C=CC1=CCCC=C1.COC. The second-order valence-electron chi connectivity index (χ2n) is 2.30. The van der Waals surface area contributed by atoms with Crippen molar-refractivity contribution in [3.63, 3.8) is 0 Å². The van der Waals surface area contributed by atoms with E-state index < -0.39 is 0 Å². The van der Waals surface area contributed by atoms with Crippen molar-refractivity contribution in [2.45, 2.75) is 12.8 Å². The minimum Gasteiger partial charge on any atom is -0.388 e. The maximum absolute atomic E-state index is 4.25. The van der Waals surface area contributed by atoms with Gasteiger partial charge in [-0.05, 0) is 18.4 Å². The lowest BCUT2D eigenvalue weighted by Crippen LogP contribution is -1.77. The smallest absolute Gasteiger partial charge is 0.0351 e. The van der Waals surface area contributed by atoms with Crippen LogP contribution >= 0.6 is 0 Å². The van der Waals surface area contributed by atoms with E-state index in [1.807, 2.05) is 6.08 Å². The van der Waals surface area contributed by atoms with Gasteiger partial charge in [0.15, 0.2) is 0 Å². The van der Waals surface area contributed by atoms with E-state index in [2.05, 4.69) is 29.5 Å². The molecule has 0 amide bonds. The topological polar surface area (TPSA) is 9.23 Å². The van der Waals surface area contributed by atoms with E-state index in [-0.39, 0.29) is 0 Å². The number of rotatable bonds is 1. The molecule has 0 heterocycles. The molecule has 1 heteroatoms. The van der Waals surface area contributed by atoms with Gasteiger partial charge in [0.2, 0.25) is 0 Å². The standard InChI is InChI=1S/C8H10.C2H6O/c1-2-8-6-4-3-5-7-8;1-3-2/h2,4,6-7H,1,3,5H2;1-2H3. The van der Waals surface area contributed by atoms with Gasteiger partial charge >= 0.3 is 0 Å². The summed E-state index contributed by atoms with van der Waals surface area (Å²) < 4.78 is 4.25. The third kappa shape index (κ3) is 5.62. The molecule has 0 saturated heterocycles. The molecule has 0 aliphatic heterocycles. The molecule has 0 aromatic carbocycles. The Morgan fingerprint density at radius 1 is 1.45 bits per heavy atom. The van der Waals surface area contributed by atoms with Crippen LogP contribution in [0.25, 0.3) is 0 Å². The number of allylic oxidation sites excluding steroid dienone is 5. The molecular weight excluding hydrogens is 136 g/mol. The van der Waals surface area contributed by atoms with Gasteiger partial charge in [-0.3, -0.25) is 0 Å². The monoisotopic (exact) mass is 152 g/mol. The summed E-state index contributed by atoms with van der Waals surface area (Å²) in [5.74, 6) is 0. The Morgan fingerprint density at radius 2 is 2.09 bits per heavy atom. The highest BCUT2D eigenvalue weighted by atomic mass is 16.4. The first-order chi connectivity index (χ1) is 5.35. The van der Waals surface area contributed by atoms with Crippen molar-refractivity contribution in [1.82, 2.24) is 0 Å². The van der Waals surface area contributed by atoms with Gasteiger partial charge in [0.25, 0.3) is 0 Å². The van der Waals surface area contributed by atoms with E-state index >= 15 is 0 Å². The third-order valence-electron chi connectivity index (χ3n) is 1.26. The zero-order valence-corrected chi connectivity index (χ0v) is 7.34. The molecule has 1 aliphatic carbocycles. The van der Waals surface area contributed by atoms with E-state index in [1.165, 1.54) is 18.4 Å². The van der Waals surface area contributed by atoms with Crippen LogP contribution in [-0.4, -0.2) is 14.2 Å². The average Bonchev–Trinajstić information content (AvgIpc) is 2.08. The molecule has 1 nitrogen and oxygen atoms in total. The zero-order valence-electron chi connectivity index (χ0n) is 7.34. The first kappa shape index (κ1) is 10.2. The van der Waals surface area contributed by atoms with Crippen molar-refractivity contribution in [1.29, 1.82) is 0 Å². The number of ether oxygens (including phenoxy) is 1. The van der Waals surface area contributed by atoms with Crippen molar-refractivity contribution in [2.24, 2.45) is 0 Å². The molecule has 0 spiro atoms. The van der Waals surface area contributed by atoms with Gasteiger partial charge in [0.05, 0.1) is 0 Å². The molecule has 62 valence electrons. The van der Waals surface area contributed by atoms with Gasteiger partial charge < -0.3 is 4.74 Å². The molecule has 0 N–H and O–H groups in total.